The van der Waals surface area contributed by atoms with Gasteiger partial charge in [-0.1, -0.05) is 12.1 Å². The van der Waals surface area contributed by atoms with Crippen molar-refractivity contribution >= 4 is 10.0 Å². The topological polar surface area (TPSA) is 51.5 Å². The van der Waals surface area contributed by atoms with E-state index in [9.17, 15) is 8.42 Å². The lowest BCUT2D eigenvalue weighted by atomic mass is 10.1. The third-order valence-corrected chi connectivity index (χ3v) is 6.98. The highest BCUT2D eigenvalue weighted by Crippen LogP contribution is 2.29. The van der Waals surface area contributed by atoms with Crippen LogP contribution in [-0.4, -0.2) is 36.2 Å². The molecule has 0 saturated heterocycles. The molecule has 0 aliphatic carbocycles. The van der Waals surface area contributed by atoms with Crippen LogP contribution in [0.3, 0.4) is 0 Å². The summed E-state index contributed by atoms with van der Waals surface area (Å²) in [6.07, 6.45) is 3.47. The van der Waals surface area contributed by atoms with Crippen molar-refractivity contribution in [3.8, 4) is 5.75 Å². The molecule has 24 heavy (non-hydrogen) atoms. The molecule has 1 atom stereocenters. The first-order valence-corrected chi connectivity index (χ1v) is 10.0. The molecule has 0 amide bonds. The molecule has 1 aromatic carbocycles. The lowest BCUT2D eigenvalue weighted by Crippen LogP contribution is -2.42. The van der Waals surface area contributed by atoms with Gasteiger partial charge in [0.15, 0.2) is 0 Å². The molecule has 2 aliphatic heterocycles. The maximum absolute atomic E-state index is 12.8. The van der Waals surface area contributed by atoms with Crippen LogP contribution in [0.15, 0.2) is 36.5 Å². The quantitative estimate of drug-likeness (QED) is 0.854. The van der Waals surface area contributed by atoms with E-state index in [1.54, 1.807) is 4.31 Å². The van der Waals surface area contributed by atoms with Crippen molar-refractivity contribution in [3.05, 3.63) is 53.3 Å². The zero-order valence-corrected chi connectivity index (χ0v) is 14.6. The predicted molar refractivity (Wildman–Crippen MR) is 92.7 cm³/mol. The fraction of sp³-hybridized carbons (Fsp3) is 0.444. The first-order valence-electron chi connectivity index (χ1n) is 8.44. The van der Waals surface area contributed by atoms with Gasteiger partial charge in [-0.25, -0.2) is 8.42 Å². The van der Waals surface area contributed by atoms with Crippen molar-refractivity contribution < 1.29 is 13.2 Å². The van der Waals surface area contributed by atoms with Gasteiger partial charge in [0.1, 0.15) is 5.75 Å². The third kappa shape index (κ3) is 2.74. The first kappa shape index (κ1) is 15.7. The second kappa shape index (κ2) is 5.93. The molecule has 128 valence electrons. The van der Waals surface area contributed by atoms with Crippen molar-refractivity contribution in [2.24, 2.45) is 0 Å². The van der Waals surface area contributed by atoms with E-state index in [2.05, 4.69) is 10.6 Å². The summed E-state index contributed by atoms with van der Waals surface area (Å²) in [4.78, 5) is 0. The van der Waals surface area contributed by atoms with Gasteiger partial charge in [-0.15, -0.1) is 0 Å². The Bertz CT molecular complexity index is 857. The second-order valence-electron chi connectivity index (χ2n) is 6.52. The Kier molecular flexibility index (Phi) is 3.89. The number of aromatic nitrogens is 1. The number of benzene rings is 1. The Morgan fingerprint density at radius 2 is 2.12 bits per heavy atom. The minimum absolute atomic E-state index is 0.104. The lowest BCUT2D eigenvalue weighted by Gasteiger charge is -2.33. The van der Waals surface area contributed by atoms with Crippen molar-refractivity contribution in [1.82, 2.24) is 8.87 Å². The molecular formula is C18H22N2O3S. The molecule has 2 aromatic rings. The Morgan fingerprint density at radius 3 is 3.00 bits per heavy atom. The van der Waals surface area contributed by atoms with Crippen LogP contribution in [0.1, 0.15) is 29.8 Å². The number of fused-ring (bicyclic) bond motifs is 2. The van der Waals surface area contributed by atoms with Crippen LogP contribution in [0.2, 0.25) is 0 Å². The smallest absolute Gasteiger partial charge is 0.215 e. The van der Waals surface area contributed by atoms with Gasteiger partial charge in [0, 0.05) is 31.4 Å². The predicted octanol–water partition coefficient (Wildman–Crippen LogP) is 2.37. The molecule has 0 radical (unpaired) electrons. The van der Waals surface area contributed by atoms with Crippen molar-refractivity contribution in [2.75, 3.05) is 18.9 Å². The van der Waals surface area contributed by atoms with Gasteiger partial charge < -0.3 is 9.30 Å². The number of ether oxygens (including phenoxy) is 1. The first-order chi connectivity index (χ1) is 11.5. The second-order valence-corrected chi connectivity index (χ2v) is 8.56. The Balaban J connectivity index is 1.48. The molecule has 0 N–H and O–H groups in total. The van der Waals surface area contributed by atoms with E-state index in [1.165, 1.54) is 5.56 Å². The molecule has 1 aromatic heterocycles. The minimum atomic E-state index is -3.28. The summed E-state index contributed by atoms with van der Waals surface area (Å²) in [5.41, 5.74) is 3.32. The van der Waals surface area contributed by atoms with Gasteiger partial charge in [0.25, 0.3) is 0 Å². The van der Waals surface area contributed by atoms with Gasteiger partial charge >= 0.3 is 0 Å². The van der Waals surface area contributed by atoms with Crippen LogP contribution in [0.5, 0.6) is 5.75 Å². The van der Waals surface area contributed by atoms with E-state index in [0.717, 1.165) is 36.6 Å². The Labute approximate surface area is 142 Å². The summed E-state index contributed by atoms with van der Waals surface area (Å²) in [6, 6.07) is 9.90. The van der Waals surface area contributed by atoms with Crippen LogP contribution in [0, 0.1) is 0 Å². The van der Waals surface area contributed by atoms with Crippen LogP contribution < -0.4 is 4.74 Å². The van der Waals surface area contributed by atoms with E-state index in [1.807, 2.05) is 37.4 Å². The van der Waals surface area contributed by atoms with E-state index in [0.29, 0.717) is 13.0 Å². The highest BCUT2D eigenvalue weighted by molar-refractivity contribution is 7.89. The van der Waals surface area contributed by atoms with E-state index >= 15 is 0 Å². The standard InChI is InChI=1S/C18H22N2O3S/c1-14-17-3-2-8-19(17)9-10-20(14)24(21,22)12-7-15-4-5-18-16(13-15)6-11-23-18/h2-5,8,13-14H,6-7,9-12H2,1H3/t14-/m0/s1. The SMILES string of the molecule is C[C@H]1c2cccn2CCN1S(=O)(=O)CCc1ccc2c(c1)CCO2. The molecule has 0 fully saturated rings. The summed E-state index contributed by atoms with van der Waals surface area (Å²) in [6.45, 7) is 3.96. The fourth-order valence-electron chi connectivity index (χ4n) is 3.70. The average molecular weight is 346 g/mol. The third-order valence-electron chi connectivity index (χ3n) is 5.05. The maximum Gasteiger partial charge on any atom is 0.215 e. The van der Waals surface area contributed by atoms with Crippen molar-refractivity contribution in [3.63, 3.8) is 0 Å². The summed E-state index contributed by atoms with van der Waals surface area (Å²) < 4.78 is 34.9. The van der Waals surface area contributed by atoms with Crippen LogP contribution in [0.25, 0.3) is 0 Å². The number of nitrogens with zero attached hydrogens (tertiary/aromatic N) is 2. The van der Waals surface area contributed by atoms with Gasteiger partial charge in [0.2, 0.25) is 10.0 Å². The van der Waals surface area contributed by atoms with Crippen LogP contribution >= 0.6 is 0 Å². The number of sulfonamides is 1. The monoisotopic (exact) mass is 346 g/mol. The van der Waals surface area contributed by atoms with Gasteiger partial charge in [-0.3, -0.25) is 0 Å². The normalized spacial score (nSPS) is 20.5. The minimum Gasteiger partial charge on any atom is -0.493 e. The molecule has 4 rings (SSSR count). The zero-order chi connectivity index (χ0) is 16.7. The van der Waals surface area contributed by atoms with E-state index in [-0.39, 0.29) is 11.8 Å². The van der Waals surface area contributed by atoms with Crippen LogP contribution in [-0.2, 0) is 29.4 Å². The molecule has 0 bridgehead atoms. The van der Waals surface area contributed by atoms with Gasteiger partial charge in [-0.05, 0) is 42.7 Å². The number of hydrogen-bond acceptors (Lipinski definition) is 3. The highest BCUT2D eigenvalue weighted by Gasteiger charge is 2.32. The van der Waals surface area contributed by atoms with E-state index in [4.69, 9.17) is 4.74 Å². The average Bonchev–Trinajstić information content (AvgIpc) is 3.21. The largest absolute Gasteiger partial charge is 0.493 e. The summed E-state index contributed by atoms with van der Waals surface area (Å²) >= 11 is 0. The molecule has 3 heterocycles. The summed E-state index contributed by atoms with van der Waals surface area (Å²) in [5.74, 6) is 1.09. The Morgan fingerprint density at radius 1 is 1.25 bits per heavy atom. The Hall–Kier alpha value is -1.79. The molecular weight excluding hydrogens is 324 g/mol. The molecule has 0 unspecified atom stereocenters. The van der Waals surface area contributed by atoms with Gasteiger partial charge in [0.05, 0.1) is 18.4 Å². The summed E-state index contributed by atoms with van der Waals surface area (Å²) in [7, 11) is -3.28. The maximum atomic E-state index is 12.8. The number of hydrogen-bond donors (Lipinski definition) is 0. The highest BCUT2D eigenvalue weighted by atomic mass is 32.2. The van der Waals surface area contributed by atoms with Crippen LogP contribution in [0.4, 0.5) is 0 Å². The number of rotatable bonds is 4. The molecule has 2 aliphatic rings. The molecule has 5 nitrogen and oxygen atoms in total. The lowest BCUT2D eigenvalue weighted by molar-refractivity contribution is 0.282. The van der Waals surface area contributed by atoms with E-state index < -0.39 is 10.0 Å². The zero-order valence-electron chi connectivity index (χ0n) is 13.8. The summed E-state index contributed by atoms with van der Waals surface area (Å²) in [5, 5.41) is 0. The number of aryl methyl sites for hydroxylation is 1. The molecule has 0 saturated carbocycles. The fourth-order valence-corrected chi connectivity index (χ4v) is 5.37. The van der Waals surface area contributed by atoms with Crippen molar-refractivity contribution in [1.29, 1.82) is 0 Å². The van der Waals surface area contributed by atoms with Crippen molar-refractivity contribution in [2.45, 2.75) is 32.4 Å². The molecule has 0 spiro atoms. The molecule has 6 heteroatoms. The van der Waals surface area contributed by atoms with Gasteiger partial charge in [-0.2, -0.15) is 4.31 Å².